The first-order chi connectivity index (χ1) is 9.12. The Labute approximate surface area is 111 Å². The van der Waals surface area contributed by atoms with Crippen LogP contribution in [0.2, 0.25) is 0 Å². The Morgan fingerprint density at radius 3 is 2.74 bits per heavy atom. The minimum Gasteiger partial charge on any atom is -0.345 e. The molecule has 0 radical (unpaired) electrons. The molecule has 1 saturated heterocycles. The zero-order valence-corrected chi connectivity index (χ0v) is 11.1. The number of piperazine rings is 1. The molecule has 1 saturated carbocycles. The van der Waals surface area contributed by atoms with Crippen LogP contribution < -0.4 is 5.32 Å². The van der Waals surface area contributed by atoms with E-state index in [2.05, 4.69) is 10.4 Å². The molecule has 0 atom stereocenters. The maximum absolute atomic E-state index is 12.2. The van der Waals surface area contributed by atoms with E-state index in [9.17, 15) is 9.59 Å². The summed E-state index contributed by atoms with van der Waals surface area (Å²) in [6, 6.07) is 1.89. The highest BCUT2D eigenvalue weighted by Crippen LogP contribution is 2.37. The molecule has 1 spiro atoms. The summed E-state index contributed by atoms with van der Waals surface area (Å²) in [4.78, 5) is 26.2. The summed E-state index contributed by atoms with van der Waals surface area (Å²) in [6.07, 6.45) is 5.37. The van der Waals surface area contributed by atoms with Gasteiger partial charge in [0, 0.05) is 13.2 Å². The van der Waals surface area contributed by atoms with Gasteiger partial charge in [-0.3, -0.25) is 14.3 Å². The number of rotatable bonds is 2. The van der Waals surface area contributed by atoms with E-state index in [4.69, 9.17) is 0 Å². The lowest BCUT2D eigenvalue weighted by Crippen LogP contribution is -2.65. The predicted molar refractivity (Wildman–Crippen MR) is 68.0 cm³/mol. The Bertz CT molecular complexity index is 516. The SMILES string of the molecule is Cn1ccc(CN2C(=O)CNC(=O)C23CCCC3)n1. The highest BCUT2D eigenvalue weighted by molar-refractivity contribution is 5.98. The molecule has 1 aromatic rings. The quantitative estimate of drug-likeness (QED) is 0.827. The fourth-order valence-electron chi connectivity index (χ4n) is 3.18. The summed E-state index contributed by atoms with van der Waals surface area (Å²) in [7, 11) is 1.85. The van der Waals surface area contributed by atoms with E-state index in [1.165, 1.54) is 0 Å². The Morgan fingerprint density at radius 2 is 2.11 bits per heavy atom. The van der Waals surface area contributed by atoms with Gasteiger partial charge in [-0.1, -0.05) is 12.8 Å². The van der Waals surface area contributed by atoms with Gasteiger partial charge < -0.3 is 10.2 Å². The highest BCUT2D eigenvalue weighted by atomic mass is 16.2. The summed E-state index contributed by atoms with van der Waals surface area (Å²) >= 11 is 0. The molecule has 2 heterocycles. The van der Waals surface area contributed by atoms with E-state index in [1.54, 1.807) is 9.58 Å². The number of amides is 2. The fourth-order valence-corrected chi connectivity index (χ4v) is 3.18. The molecule has 0 unspecified atom stereocenters. The molecule has 1 N–H and O–H groups in total. The van der Waals surface area contributed by atoms with Gasteiger partial charge in [0.25, 0.3) is 0 Å². The predicted octanol–water partition coefficient (Wildman–Crippen LogP) is 0.191. The molecule has 6 heteroatoms. The van der Waals surface area contributed by atoms with Crippen molar-refractivity contribution in [3.8, 4) is 0 Å². The maximum atomic E-state index is 12.2. The molecule has 2 amide bonds. The molecule has 3 rings (SSSR count). The third kappa shape index (κ3) is 1.91. The van der Waals surface area contributed by atoms with Gasteiger partial charge in [-0.05, 0) is 18.9 Å². The first-order valence-corrected chi connectivity index (χ1v) is 6.69. The normalized spacial score (nSPS) is 22.1. The molecular formula is C13H18N4O2. The molecule has 6 nitrogen and oxygen atoms in total. The number of aromatic nitrogens is 2. The van der Waals surface area contributed by atoms with Gasteiger partial charge >= 0.3 is 0 Å². The van der Waals surface area contributed by atoms with Gasteiger partial charge in [-0.15, -0.1) is 0 Å². The molecule has 2 aliphatic rings. The zero-order chi connectivity index (χ0) is 13.5. The maximum Gasteiger partial charge on any atom is 0.246 e. The standard InChI is InChI=1S/C13H18N4O2/c1-16-7-4-10(15-16)9-17-11(18)8-14-12(19)13(17)5-2-3-6-13/h4,7H,2-3,5-6,8-9H2,1H3,(H,14,19). The van der Waals surface area contributed by atoms with Crippen molar-refractivity contribution in [3.05, 3.63) is 18.0 Å². The molecule has 0 bridgehead atoms. The van der Waals surface area contributed by atoms with E-state index >= 15 is 0 Å². The molecule has 1 aromatic heterocycles. The molecule has 1 aliphatic heterocycles. The van der Waals surface area contributed by atoms with Crippen LogP contribution in [0.15, 0.2) is 12.3 Å². The second-order valence-electron chi connectivity index (χ2n) is 5.38. The molecule has 2 fully saturated rings. The van der Waals surface area contributed by atoms with Crippen LogP contribution in [-0.4, -0.2) is 38.6 Å². The lowest BCUT2D eigenvalue weighted by molar-refractivity contribution is -0.154. The summed E-state index contributed by atoms with van der Waals surface area (Å²) < 4.78 is 1.71. The van der Waals surface area contributed by atoms with Crippen molar-refractivity contribution >= 4 is 11.8 Å². The van der Waals surface area contributed by atoms with Crippen LogP contribution in [0.25, 0.3) is 0 Å². The highest BCUT2D eigenvalue weighted by Gasteiger charge is 2.50. The van der Waals surface area contributed by atoms with Crippen molar-refractivity contribution in [2.45, 2.75) is 37.8 Å². The van der Waals surface area contributed by atoms with Crippen LogP contribution in [-0.2, 0) is 23.2 Å². The number of hydrogen-bond acceptors (Lipinski definition) is 3. The van der Waals surface area contributed by atoms with Crippen molar-refractivity contribution in [3.63, 3.8) is 0 Å². The van der Waals surface area contributed by atoms with Crippen molar-refractivity contribution < 1.29 is 9.59 Å². The van der Waals surface area contributed by atoms with Crippen LogP contribution in [0.5, 0.6) is 0 Å². The smallest absolute Gasteiger partial charge is 0.246 e. The molecule has 0 aromatic carbocycles. The van der Waals surface area contributed by atoms with Crippen molar-refractivity contribution in [2.75, 3.05) is 6.54 Å². The molecular weight excluding hydrogens is 244 g/mol. The second kappa shape index (κ2) is 4.36. The third-order valence-electron chi connectivity index (χ3n) is 4.16. The number of hydrogen-bond donors (Lipinski definition) is 1. The number of aryl methyl sites for hydroxylation is 1. The van der Waals surface area contributed by atoms with E-state index in [0.29, 0.717) is 6.54 Å². The Balaban J connectivity index is 1.90. The van der Waals surface area contributed by atoms with Gasteiger partial charge in [0.1, 0.15) is 5.54 Å². The largest absolute Gasteiger partial charge is 0.345 e. The average molecular weight is 262 g/mol. The molecule has 1 aliphatic carbocycles. The molecule has 19 heavy (non-hydrogen) atoms. The Kier molecular flexibility index (Phi) is 2.80. The van der Waals surface area contributed by atoms with Crippen molar-refractivity contribution in [1.29, 1.82) is 0 Å². The van der Waals surface area contributed by atoms with E-state index in [-0.39, 0.29) is 18.4 Å². The average Bonchev–Trinajstić information content (AvgIpc) is 3.01. The van der Waals surface area contributed by atoms with Crippen LogP contribution in [0.4, 0.5) is 0 Å². The Morgan fingerprint density at radius 1 is 1.37 bits per heavy atom. The number of carbonyl (C=O) groups excluding carboxylic acids is 2. The Hall–Kier alpha value is -1.85. The van der Waals surface area contributed by atoms with Crippen LogP contribution in [0.1, 0.15) is 31.4 Å². The van der Waals surface area contributed by atoms with Crippen LogP contribution in [0, 0.1) is 0 Å². The lowest BCUT2D eigenvalue weighted by atomic mass is 9.91. The van der Waals surface area contributed by atoms with Crippen molar-refractivity contribution in [2.24, 2.45) is 7.05 Å². The third-order valence-corrected chi connectivity index (χ3v) is 4.16. The van der Waals surface area contributed by atoms with Crippen LogP contribution >= 0.6 is 0 Å². The van der Waals surface area contributed by atoms with Gasteiger partial charge in [-0.2, -0.15) is 5.10 Å². The number of nitrogens with one attached hydrogen (secondary N) is 1. The summed E-state index contributed by atoms with van der Waals surface area (Å²) in [6.45, 7) is 0.528. The van der Waals surface area contributed by atoms with E-state index < -0.39 is 5.54 Å². The van der Waals surface area contributed by atoms with E-state index in [1.807, 2.05) is 19.3 Å². The van der Waals surface area contributed by atoms with Gasteiger partial charge in [0.2, 0.25) is 11.8 Å². The van der Waals surface area contributed by atoms with Gasteiger partial charge in [0.15, 0.2) is 0 Å². The fraction of sp³-hybridized carbons (Fsp3) is 0.615. The first-order valence-electron chi connectivity index (χ1n) is 6.69. The summed E-state index contributed by atoms with van der Waals surface area (Å²) in [5, 5.41) is 7.04. The van der Waals surface area contributed by atoms with E-state index in [0.717, 1.165) is 31.4 Å². The minimum atomic E-state index is -0.632. The summed E-state index contributed by atoms with van der Waals surface area (Å²) in [5.74, 6) is -0.00677. The van der Waals surface area contributed by atoms with Gasteiger partial charge in [-0.25, -0.2) is 0 Å². The topological polar surface area (TPSA) is 67.2 Å². The summed E-state index contributed by atoms with van der Waals surface area (Å²) in [5.41, 5.74) is 0.198. The second-order valence-corrected chi connectivity index (χ2v) is 5.38. The zero-order valence-electron chi connectivity index (χ0n) is 11.1. The van der Waals surface area contributed by atoms with Gasteiger partial charge in [0.05, 0.1) is 18.8 Å². The lowest BCUT2D eigenvalue weighted by Gasteiger charge is -2.43. The number of nitrogens with zero attached hydrogens (tertiary/aromatic N) is 3. The number of carbonyl (C=O) groups is 2. The monoisotopic (exact) mass is 262 g/mol. The first kappa shape index (κ1) is 12.2. The van der Waals surface area contributed by atoms with Crippen LogP contribution in [0.3, 0.4) is 0 Å². The van der Waals surface area contributed by atoms with Crippen molar-refractivity contribution in [1.82, 2.24) is 20.0 Å². The molecule has 102 valence electrons. The minimum absolute atomic E-state index is 0.000492.